The number of hydrogen-bond donors (Lipinski definition) is 1. The van der Waals surface area contributed by atoms with Gasteiger partial charge in [-0.3, -0.25) is 9.59 Å². The zero-order valence-corrected chi connectivity index (χ0v) is 18.5. The molecule has 2 aliphatic rings. The van der Waals surface area contributed by atoms with Gasteiger partial charge in [0.25, 0.3) is 11.8 Å². The van der Waals surface area contributed by atoms with Crippen molar-refractivity contribution in [2.24, 2.45) is 0 Å². The number of nitrogens with zero attached hydrogens (tertiary/aromatic N) is 2. The Morgan fingerprint density at radius 2 is 1.73 bits per heavy atom. The van der Waals surface area contributed by atoms with E-state index in [1.807, 2.05) is 47.7 Å². The second-order valence-electron chi connectivity index (χ2n) is 8.44. The lowest BCUT2D eigenvalue weighted by Crippen LogP contribution is -2.45. The topological polar surface area (TPSA) is 52.7 Å². The number of thiophene rings is 1. The summed E-state index contributed by atoms with van der Waals surface area (Å²) in [4.78, 5) is 30.7. The molecule has 0 bridgehead atoms. The summed E-state index contributed by atoms with van der Waals surface area (Å²) in [5.74, 6) is 0.152. The third-order valence-corrected chi connectivity index (χ3v) is 7.36. The number of anilines is 1. The SMILES string of the molecule is CN(C(=O)c1ccccc1N1CCC(NC(=O)c2cccs2)CC1)C1CCCCC1. The Labute approximate surface area is 183 Å². The van der Waals surface area contributed by atoms with E-state index in [0.29, 0.717) is 6.04 Å². The number of nitrogens with one attached hydrogen (secondary N) is 1. The normalized spacial score (nSPS) is 18.2. The number of piperidine rings is 1. The van der Waals surface area contributed by atoms with Gasteiger partial charge >= 0.3 is 0 Å². The van der Waals surface area contributed by atoms with Gasteiger partial charge in [-0.05, 0) is 49.3 Å². The van der Waals surface area contributed by atoms with E-state index in [1.165, 1.54) is 30.6 Å². The summed E-state index contributed by atoms with van der Waals surface area (Å²) in [5.41, 5.74) is 1.82. The molecule has 1 aromatic carbocycles. The van der Waals surface area contributed by atoms with Crippen LogP contribution >= 0.6 is 11.3 Å². The van der Waals surface area contributed by atoms with E-state index < -0.39 is 0 Å². The number of carbonyl (C=O) groups excluding carboxylic acids is 2. The lowest BCUT2D eigenvalue weighted by atomic mass is 9.94. The largest absolute Gasteiger partial charge is 0.371 e. The molecule has 4 rings (SSSR count). The molecular weight excluding hydrogens is 394 g/mol. The molecule has 0 radical (unpaired) electrons. The highest BCUT2D eigenvalue weighted by molar-refractivity contribution is 7.12. The number of hydrogen-bond acceptors (Lipinski definition) is 4. The molecular formula is C24H31N3O2S. The third-order valence-electron chi connectivity index (χ3n) is 6.49. The monoisotopic (exact) mass is 425 g/mol. The van der Waals surface area contributed by atoms with Crippen LogP contribution in [0.1, 0.15) is 65.0 Å². The first-order chi connectivity index (χ1) is 14.6. The van der Waals surface area contributed by atoms with Gasteiger partial charge in [-0.2, -0.15) is 0 Å². The molecule has 1 aliphatic heterocycles. The molecule has 1 saturated carbocycles. The van der Waals surface area contributed by atoms with Gasteiger partial charge in [-0.25, -0.2) is 0 Å². The van der Waals surface area contributed by atoms with Crippen molar-refractivity contribution >= 4 is 28.8 Å². The first-order valence-electron chi connectivity index (χ1n) is 11.1. The number of benzene rings is 1. The Kier molecular flexibility index (Phi) is 6.72. The molecule has 2 fully saturated rings. The number of amides is 2. The standard InChI is InChI=1S/C24H31N3O2S/c1-26(19-8-3-2-4-9-19)24(29)20-10-5-6-11-21(20)27-15-13-18(14-16-27)25-23(28)22-12-7-17-30-22/h5-7,10-12,17-19H,2-4,8-9,13-16H2,1H3,(H,25,28). The fraction of sp³-hybridized carbons (Fsp3) is 0.500. The predicted molar refractivity (Wildman–Crippen MR) is 122 cm³/mol. The van der Waals surface area contributed by atoms with Gasteiger partial charge in [-0.1, -0.05) is 37.5 Å². The van der Waals surface area contributed by atoms with E-state index in [-0.39, 0.29) is 17.9 Å². The van der Waals surface area contributed by atoms with E-state index >= 15 is 0 Å². The molecule has 1 aromatic heterocycles. The van der Waals surface area contributed by atoms with Crippen LogP contribution in [0.3, 0.4) is 0 Å². The van der Waals surface area contributed by atoms with Gasteiger partial charge in [0, 0.05) is 37.9 Å². The summed E-state index contributed by atoms with van der Waals surface area (Å²) in [6.45, 7) is 1.68. The van der Waals surface area contributed by atoms with Crippen molar-refractivity contribution in [2.75, 3.05) is 25.0 Å². The van der Waals surface area contributed by atoms with E-state index in [1.54, 1.807) is 0 Å². The lowest BCUT2D eigenvalue weighted by Gasteiger charge is -2.36. The zero-order chi connectivity index (χ0) is 20.9. The van der Waals surface area contributed by atoms with Gasteiger partial charge < -0.3 is 15.1 Å². The van der Waals surface area contributed by atoms with E-state index in [9.17, 15) is 9.59 Å². The van der Waals surface area contributed by atoms with E-state index in [4.69, 9.17) is 0 Å². The summed E-state index contributed by atoms with van der Waals surface area (Å²) >= 11 is 1.47. The van der Waals surface area contributed by atoms with Crippen LogP contribution in [0.2, 0.25) is 0 Å². The molecule has 6 heteroatoms. The second-order valence-corrected chi connectivity index (χ2v) is 9.38. The van der Waals surface area contributed by atoms with Crippen molar-refractivity contribution in [3.8, 4) is 0 Å². The molecule has 5 nitrogen and oxygen atoms in total. The molecule has 30 heavy (non-hydrogen) atoms. The van der Waals surface area contributed by atoms with Gasteiger partial charge in [0.2, 0.25) is 0 Å². The third kappa shape index (κ3) is 4.69. The summed E-state index contributed by atoms with van der Waals surface area (Å²) < 4.78 is 0. The molecule has 1 saturated heterocycles. The van der Waals surface area contributed by atoms with Crippen molar-refractivity contribution in [1.82, 2.24) is 10.2 Å². The minimum absolute atomic E-state index is 0.0214. The van der Waals surface area contributed by atoms with Crippen LogP contribution in [0.25, 0.3) is 0 Å². The Hall–Kier alpha value is -2.34. The Morgan fingerprint density at radius 1 is 1.00 bits per heavy atom. The van der Waals surface area contributed by atoms with Crippen LogP contribution in [0, 0.1) is 0 Å². The Balaban J connectivity index is 1.39. The molecule has 2 heterocycles. The first-order valence-corrected chi connectivity index (χ1v) is 12.0. The summed E-state index contributed by atoms with van der Waals surface area (Å²) in [7, 11) is 1.96. The zero-order valence-electron chi connectivity index (χ0n) is 17.7. The van der Waals surface area contributed by atoms with Crippen molar-refractivity contribution < 1.29 is 9.59 Å². The average Bonchev–Trinajstić information content (AvgIpc) is 3.34. The van der Waals surface area contributed by atoms with E-state index in [0.717, 1.165) is 54.9 Å². The minimum Gasteiger partial charge on any atom is -0.371 e. The molecule has 2 aromatic rings. The number of carbonyl (C=O) groups is 2. The molecule has 1 aliphatic carbocycles. The smallest absolute Gasteiger partial charge is 0.261 e. The quantitative estimate of drug-likeness (QED) is 0.765. The molecule has 1 N–H and O–H groups in total. The van der Waals surface area contributed by atoms with Crippen LogP contribution in [0.15, 0.2) is 41.8 Å². The summed E-state index contributed by atoms with van der Waals surface area (Å²) in [6, 6.07) is 12.3. The van der Waals surface area contributed by atoms with Crippen molar-refractivity contribution in [2.45, 2.75) is 57.0 Å². The molecule has 160 valence electrons. The minimum atomic E-state index is 0.0214. The highest BCUT2D eigenvalue weighted by atomic mass is 32.1. The highest BCUT2D eigenvalue weighted by Gasteiger charge is 2.28. The Morgan fingerprint density at radius 3 is 2.43 bits per heavy atom. The highest BCUT2D eigenvalue weighted by Crippen LogP contribution is 2.28. The van der Waals surface area contributed by atoms with Gasteiger partial charge in [0.15, 0.2) is 0 Å². The van der Waals surface area contributed by atoms with Crippen LogP contribution in [0.4, 0.5) is 5.69 Å². The predicted octanol–water partition coefficient (Wildman–Crippen LogP) is 4.55. The summed E-state index contributed by atoms with van der Waals surface area (Å²) in [6.07, 6.45) is 7.71. The second kappa shape index (κ2) is 9.65. The van der Waals surface area contributed by atoms with Crippen LogP contribution in [0.5, 0.6) is 0 Å². The maximum absolute atomic E-state index is 13.3. The van der Waals surface area contributed by atoms with Crippen LogP contribution in [-0.4, -0.2) is 48.9 Å². The van der Waals surface area contributed by atoms with Crippen molar-refractivity contribution in [3.63, 3.8) is 0 Å². The van der Waals surface area contributed by atoms with Crippen LogP contribution < -0.4 is 10.2 Å². The molecule has 2 amide bonds. The fourth-order valence-corrected chi connectivity index (χ4v) is 5.31. The number of rotatable bonds is 5. The lowest BCUT2D eigenvalue weighted by molar-refractivity contribution is 0.0696. The van der Waals surface area contributed by atoms with Gasteiger partial charge in [-0.15, -0.1) is 11.3 Å². The van der Waals surface area contributed by atoms with Crippen LogP contribution in [-0.2, 0) is 0 Å². The fourth-order valence-electron chi connectivity index (χ4n) is 4.68. The molecule has 0 atom stereocenters. The summed E-state index contributed by atoms with van der Waals surface area (Å²) in [5, 5.41) is 5.09. The maximum atomic E-state index is 13.3. The van der Waals surface area contributed by atoms with E-state index in [2.05, 4.69) is 16.3 Å². The van der Waals surface area contributed by atoms with Gasteiger partial charge in [0.05, 0.1) is 10.4 Å². The maximum Gasteiger partial charge on any atom is 0.261 e. The van der Waals surface area contributed by atoms with Crippen molar-refractivity contribution in [3.05, 3.63) is 52.2 Å². The van der Waals surface area contributed by atoms with Gasteiger partial charge in [0.1, 0.15) is 0 Å². The molecule has 0 spiro atoms. The first kappa shape index (κ1) is 20.9. The van der Waals surface area contributed by atoms with Crippen molar-refractivity contribution in [1.29, 1.82) is 0 Å². The average molecular weight is 426 g/mol. The Bertz CT molecular complexity index is 853. The molecule has 0 unspecified atom stereocenters. The number of para-hydroxylation sites is 1.